The lowest BCUT2D eigenvalue weighted by molar-refractivity contribution is 0.0697. The second-order valence-corrected chi connectivity index (χ2v) is 6.22. The first-order chi connectivity index (χ1) is 14.0. The minimum absolute atomic E-state index is 0.0882. The highest BCUT2D eigenvalue weighted by atomic mass is 16.5. The smallest absolute Gasteiger partial charge is 0.335 e. The van der Waals surface area contributed by atoms with E-state index in [9.17, 15) is 14.7 Å². The number of aromatic nitrogens is 5. The van der Waals surface area contributed by atoms with Gasteiger partial charge in [0.2, 0.25) is 0 Å². The molecule has 0 amide bonds. The molecular formula is C19H16N6O4. The first kappa shape index (κ1) is 18.2. The number of carbonyl (C=O) groups is 1. The molecular weight excluding hydrogens is 376 g/mol. The summed E-state index contributed by atoms with van der Waals surface area (Å²) in [4.78, 5) is 30.6. The molecule has 0 fully saturated rings. The van der Waals surface area contributed by atoms with Crippen LogP contribution in [0, 0.1) is 0 Å². The van der Waals surface area contributed by atoms with Gasteiger partial charge in [0.1, 0.15) is 11.6 Å². The van der Waals surface area contributed by atoms with Crippen molar-refractivity contribution in [2.75, 3.05) is 12.3 Å². The Kier molecular flexibility index (Phi) is 4.43. The molecule has 10 nitrogen and oxygen atoms in total. The van der Waals surface area contributed by atoms with Crippen molar-refractivity contribution in [1.82, 2.24) is 25.4 Å². The van der Waals surface area contributed by atoms with E-state index in [-0.39, 0.29) is 16.7 Å². The predicted octanol–water partition coefficient (Wildman–Crippen LogP) is 2.05. The van der Waals surface area contributed by atoms with Crippen molar-refractivity contribution in [3.8, 4) is 28.3 Å². The number of nitrogen functional groups attached to an aromatic ring is 1. The van der Waals surface area contributed by atoms with Gasteiger partial charge in [0, 0.05) is 5.69 Å². The zero-order valence-corrected chi connectivity index (χ0v) is 15.3. The van der Waals surface area contributed by atoms with Crippen LogP contribution < -0.4 is 16.0 Å². The van der Waals surface area contributed by atoms with Crippen LogP contribution >= 0.6 is 0 Å². The lowest BCUT2D eigenvalue weighted by atomic mass is 10.00. The van der Waals surface area contributed by atoms with E-state index in [0.29, 0.717) is 40.6 Å². The number of hydrogen-bond acceptors (Lipinski definition) is 7. The lowest BCUT2D eigenvalue weighted by Gasteiger charge is -2.13. The van der Waals surface area contributed by atoms with E-state index in [1.165, 1.54) is 12.1 Å². The maximum absolute atomic E-state index is 12.2. The van der Waals surface area contributed by atoms with Crippen LogP contribution in [0.3, 0.4) is 0 Å². The maximum atomic E-state index is 12.2. The normalized spacial score (nSPS) is 10.9. The van der Waals surface area contributed by atoms with E-state index in [0.717, 1.165) is 0 Å². The number of benzene rings is 2. The van der Waals surface area contributed by atoms with Gasteiger partial charge < -0.3 is 20.6 Å². The molecule has 2 aromatic carbocycles. The third-order valence-electron chi connectivity index (χ3n) is 4.27. The van der Waals surface area contributed by atoms with Gasteiger partial charge in [0.25, 0.3) is 5.56 Å². The van der Waals surface area contributed by atoms with Gasteiger partial charge in [0.15, 0.2) is 11.2 Å². The van der Waals surface area contributed by atoms with Crippen LogP contribution in [0.25, 0.3) is 33.7 Å². The number of rotatable bonds is 5. The van der Waals surface area contributed by atoms with Gasteiger partial charge in [-0.2, -0.15) is 0 Å². The largest absolute Gasteiger partial charge is 0.493 e. The molecule has 2 heterocycles. The second kappa shape index (κ2) is 7.08. The number of nitrogens with zero attached hydrogens (tertiary/aromatic N) is 3. The average Bonchev–Trinajstić information content (AvgIpc) is 3.17. The molecule has 0 aliphatic heterocycles. The number of fused-ring (bicyclic) bond motifs is 1. The molecule has 4 rings (SSSR count). The molecule has 0 saturated carbocycles. The average molecular weight is 392 g/mol. The second-order valence-electron chi connectivity index (χ2n) is 6.22. The fourth-order valence-corrected chi connectivity index (χ4v) is 3.00. The summed E-state index contributed by atoms with van der Waals surface area (Å²) in [7, 11) is 0. The highest BCUT2D eigenvalue weighted by Crippen LogP contribution is 2.33. The molecule has 29 heavy (non-hydrogen) atoms. The monoisotopic (exact) mass is 392 g/mol. The lowest BCUT2D eigenvalue weighted by Crippen LogP contribution is -2.10. The Hall–Kier alpha value is -4.21. The number of aromatic amines is 2. The fourth-order valence-electron chi connectivity index (χ4n) is 3.00. The molecule has 0 spiro atoms. The molecule has 0 saturated heterocycles. The van der Waals surface area contributed by atoms with E-state index >= 15 is 0 Å². The molecule has 146 valence electrons. The number of carboxylic acids is 1. The third-order valence-corrected chi connectivity index (χ3v) is 4.27. The first-order valence-electron chi connectivity index (χ1n) is 8.68. The van der Waals surface area contributed by atoms with Gasteiger partial charge in [-0.25, -0.2) is 14.9 Å². The van der Waals surface area contributed by atoms with Crippen LogP contribution in [0.5, 0.6) is 5.75 Å². The number of anilines is 1. The van der Waals surface area contributed by atoms with Gasteiger partial charge >= 0.3 is 5.97 Å². The Morgan fingerprint density at radius 1 is 1.21 bits per heavy atom. The van der Waals surface area contributed by atoms with Gasteiger partial charge in [0.05, 0.1) is 17.7 Å². The molecule has 2 aromatic heterocycles. The summed E-state index contributed by atoms with van der Waals surface area (Å²) >= 11 is 0. The SMILES string of the molecule is CCOc1cc(-c2cc(N)cc(C(=O)O)c2)ccc1-c1nc2[nH]nnc2c(=O)[nH]1. The number of nitrogens with two attached hydrogens (primary N) is 1. The molecule has 4 aromatic rings. The highest BCUT2D eigenvalue weighted by Gasteiger charge is 2.15. The minimum Gasteiger partial charge on any atom is -0.493 e. The summed E-state index contributed by atoms with van der Waals surface area (Å²) < 4.78 is 5.74. The summed E-state index contributed by atoms with van der Waals surface area (Å²) in [5, 5.41) is 19.1. The number of nitrogens with one attached hydrogen (secondary N) is 2. The Morgan fingerprint density at radius 3 is 2.79 bits per heavy atom. The van der Waals surface area contributed by atoms with Crippen LogP contribution in [0.2, 0.25) is 0 Å². The summed E-state index contributed by atoms with van der Waals surface area (Å²) in [5.74, 6) is -0.301. The van der Waals surface area contributed by atoms with E-state index in [1.54, 1.807) is 24.3 Å². The van der Waals surface area contributed by atoms with Crippen LogP contribution in [0.15, 0.2) is 41.2 Å². The zero-order valence-electron chi connectivity index (χ0n) is 15.3. The number of H-pyrrole nitrogens is 2. The van der Waals surface area contributed by atoms with Crippen LogP contribution in [-0.4, -0.2) is 43.1 Å². The molecule has 0 aliphatic carbocycles. The summed E-state index contributed by atoms with van der Waals surface area (Å²) in [6.45, 7) is 2.21. The molecule has 5 N–H and O–H groups in total. The predicted molar refractivity (Wildman–Crippen MR) is 106 cm³/mol. The first-order valence-corrected chi connectivity index (χ1v) is 8.68. The number of ether oxygens (including phenoxy) is 1. The Morgan fingerprint density at radius 2 is 2.03 bits per heavy atom. The van der Waals surface area contributed by atoms with Crippen molar-refractivity contribution in [3.05, 3.63) is 52.3 Å². The van der Waals surface area contributed by atoms with Crippen molar-refractivity contribution >= 4 is 22.8 Å². The van der Waals surface area contributed by atoms with Crippen LogP contribution in [0.1, 0.15) is 17.3 Å². The van der Waals surface area contributed by atoms with Crippen molar-refractivity contribution in [1.29, 1.82) is 0 Å². The minimum atomic E-state index is -1.07. The molecule has 10 heteroatoms. The highest BCUT2D eigenvalue weighted by molar-refractivity contribution is 5.91. The molecule has 0 unspecified atom stereocenters. The van der Waals surface area contributed by atoms with E-state index in [4.69, 9.17) is 10.5 Å². The standard InChI is InChI=1S/C19H16N6O4/c1-2-29-14-8-9(10-5-11(19(27)28)7-12(20)6-10)3-4-13(14)16-21-17-15(18(26)22-16)23-25-24-17/h3-8H,2,20H2,1H3,(H,27,28)(H2,21,22,23,24,25,26). The van der Waals surface area contributed by atoms with Crippen LogP contribution in [-0.2, 0) is 0 Å². The van der Waals surface area contributed by atoms with Gasteiger partial charge in [-0.1, -0.05) is 11.3 Å². The summed E-state index contributed by atoms with van der Waals surface area (Å²) in [5.41, 5.74) is 8.13. The fraction of sp³-hybridized carbons (Fsp3) is 0.105. The molecule has 0 atom stereocenters. The maximum Gasteiger partial charge on any atom is 0.335 e. The Balaban J connectivity index is 1.85. The van der Waals surface area contributed by atoms with Crippen molar-refractivity contribution < 1.29 is 14.6 Å². The molecule has 0 aliphatic rings. The Bertz CT molecular complexity index is 1290. The molecule has 0 radical (unpaired) electrons. The topological polar surface area (TPSA) is 160 Å². The van der Waals surface area contributed by atoms with Crippen LogP contribution in [0.4, 0.5) is 5.69 Å². The third kappa shape index (κ3) is 3.38. The summed E-state index contributed by atoms with van der Waals surface area (Å²) in [6, 6.07) is 9.86. The van der Waals surface area contributed by atoms with Crippen molar-refractivity contribution in [2.45, 2.75) is 6.92 Å². The van der Waals surface area contributed by atoms with Crippen molar-refractivity contribution in [2.24, 2.45) is 0 Å². The van der Waals surface area contributed by atoms with E-state index in [2.05, 4.69) is 25.4 Å². The van der Waals surface area contributed by atoms with Crippen molar-refractivity contribution in [3.63, 3.8) is 0 Å². The number of hydrogen-bond donors (Lipinski definition) is 4. The molecule has 0 bridgehead atoms. The van der Waals surface area contributed by atoms with E-state index < -0.39 is 11.5 Å². The van der Waals surface area contributed by atoms with Gasteiger partial charge in [-0.3, -0.25) is 4.79 Å². The summed E-state index contributed by atoms with van der Waals surface area (Å²) in [6.07, 6.45) is 0. The Labute approximate surface area is 163 Å². The number of carboxylic acid groups (broad SMARTS) is 1. The van der Waals surface area contributed by atoms with Gasteiger partial charge in [-0.05, 0) is 48.4 Å². The van der Waals surface area contributed by atoms with E-state index in [1.807, 2.05) is 6.92 Å². The van der Waals surface area contributed by atoms with Gasteiger partial charge in [-0.15, -0.1) is 5.10 Å². The zero-order chi connectivity index (χ0) is 20.5. The quantitative estimate of drug-likeness (QED) is 0.375. The number of aromatic carboxylic acids is 1.